The molecule has 0 radical (unpaired) electrons. The monoisotopic (exact) mass is 304 g/mol. The van der Waals surface area contributed by atoms with Crippen LogP contribution in [0.4, 0.5) is 0 Å². The second kappa shape index (κ2) is 6.19. The summed E-state index contributed by atoms with van der Waals surface area (Å²) in [5.41, 5.74) is 0. The summed E-state index contributed by atoms with van der Waals surface area (Å²) in [4.78, 5) is 0.144. The van der Waals surface area contributed by atoms with Gasteiger partial charge in [0.2, 0.25) is 0 Å². The van der Waals surface area contributed by atoms with Gasteiger partial charge in [0.25, 0.3) is 10.0 Å². The Hall–Kier alpha value is -0.660. The first-order valence-corrected chi connectivity index (χ1v) is 7.99. The van der Waals surface area contributed by atoms with Crippen LogP contribution in [0, 0.1) is 0 Å². The van der Waals surface area contributed by atoms with Crippen LogP contribution >= 0.6 is 11.6 Å². The quantitative estimate of drug-likeness (QED) is 0.848. The van der Waals surface area contributed by atoms with Gasteiger partial charge in [-0.15, -0.1) is 4.41 Å². The van der Waals surface area contributed by atoms with E-state index in [0.717, 1.165) is 0 Å². The fraction of sp³-hybridized carbons (Fsp3) is 0.500. The van der Waals surface area contributed by atoms with Gasteiger partial charge in [-0.05, 0) is 19.1 Å². The average Bonchev–Trinajstić information content (AvgIpc) is 2.40. The minimum Gasteiger partial charge on any atom is -0.379 e. The molecule has 0 N–H and O–H groups in total. The maximum atomic E-state index is 12.6. The van der Waals surface area contributed by atoms with Crippen molar-refractivity contribution < 1.29 is 13.2 Å². The molecule has 0 aliphatic carbocycles. The molecule has 0 spiro atoms. The van der Waals surface area contributed by atoms with Crippen molar-refractivity contribution in [1.82, 2.24) is 9.42 Å². The lowest BCUT2D eigenvalue weighted by Gasteiger charge is -2.35. The third-order valence-electron chi connectivity index (χ3n) is 2.97. The Morgan fingerprint density at radius 2 is 1.95 bits per heavy atom. The van der Waals surface area contributed by atoms with Crippen LogP contribution in [0.25, 0.3) is 0 Å². The van der Waals surface area contributed by atoms with Crippen molar-refractivity contribution in [2.75, 3.05) is 32.8 Å². The standard InChI is InChI=1S/C12H17ClN2O3S/c1-2-15(14-7-9-18-10-8-14)19(16,17)12-6-4-3-5-11(12)13/h3-6H,2,7-10H2,1H3. The molecule has 19 heavy (non-hydrogen) atoms. The Labute approximate surface area is 118 Å². The van der Waals surface area contributed by atoms with Crippen LogP contribution in [0.3, 0.4) is 0 Å². The van der Waals surface area contributed by atoms with E-state index >= 15 is 0 Å². The first-order chi connectivity index (χ1) is 9.07. The van der Waals surface area contributed by atoms with Crippen LogP contribution in [-0.4, -0.2) is 50.7 Å². The van der Waals surface area contributed by atoms with E-state index in [2.05, 4.69) is 0 Å². The van der Waals surface area contributed by atoms with Gasteiger partial charge in [0.1, 0.15) is 4.90 Å². The molecule has 7 heteroatoms. The zero-order valence-electron chi connectivity index (χ0n) is 10.8. The molecule has 0 amide bonds. The van der Waals surface area contributed by atoms with Crippen LogP contribution in [0.1, 0.15) is 6.92 Å². The van der Waals surface area contributed by atoms with Crippen molar-refractivity contribution in [1.29, 1.82) is 0 Å². The van der Waals surface area contributed by atoms with Crippen LogP contribution in [-0.2, 0) is 14.8 Å². The normalized spacial score (nSPS) is 17.8. The number of hydrogen-bond acceptors (Lipinski definition) is 4. The number of sulfonamides is 1. The first-order valence-electron chi connectivity index (χ1n) is 6.17. The third-order valence-corrected chi connectivity index (χ3v) is 5.36. The second-order valence-corrected chi connectivity index (χ2v) is 6.36. The van der Waals surface area contributed by atoms with E-state index in [4.69, 9.17) is 16.3 Å². The van der Waals surface area contributed by atoms with Gasteiger partial charge < -0.3 is 4.74 Å². The maximum Gasteiger partial charge on any atom is 0.257 e. The highest BCUT2D eigenvalue weighted by atomic mass is 35.5. The van der Waals surface area contributed by atoms with Gasteiger partial charge >= 0.3 is 0 Å². The Kier molecular flexibility index (Phi) is 4.81. The summed E-state index contributed by atoms with van der Waals surface area (Å²) >= 11 is 6.00. The largest absolute Gasteiger partial charge is 0.379 e. The number of nitrogens with zero attached hydrogens (tertiary/aromatic N) is 2. The first kappa shape index (κ1) is 14.7. The summed E-state index contributed by atoms with van der Waals surface area (Å²) in [6.07, 6.45) is 0. The maximum absolute atomic E-state index is 12.6. The molecule has 1 aromatic carbocycles. The van der Waals surface area contributed by atoms with Crippen molar-refractivity contribution in [3.63, 3.8) is 0 Å². The average molecular weight is 305 g/mol. The van der Waals surface area contributed by atoms with Crippen molar-refractivity contribution in [2.45, 2.75) is 11.8 Å². The fourth-order valence-corrected chi connectivity index (χ4v) is 4.09. The van der Waals surface area contributed by atoms with E-state index in [1.54, 1.807) is 23.2 Å². The lowest BCUT2D eigenvalue weighted by Crippen LogP contribution is -2.51. The molecule has 1 saturated heterocycles. The molecule has 1 aromatic rings. The zero-order chi connectivity index (χ0) is 13.9. The molecule has 0 aromatic heterocycles. The van der Waals surface area contributed by atoms with Crippen molar-refractivity contribution in [3.8, 4) is 0 Å². The fourth-order valence-electron chi connectivity index (χ4n) is 2.07. The Morgan fingerprint density at radius 3 is 2.53 bits per heavy atom. The summed E-state index contributed by atoms with van der Waals surface area (Å²) < 4.78 is 31.9. The van der Waals surface area contributed by atoms with Crippen molar-refractivity contribution in [2.24, 2.45) is 0 Å². The lowest BCUT2D eigenvalue weighted by atomic mass is 10.4. The molecule has 1 aliphatic rings. The van der Waals surface area contributed by atoms with Crippen LogP contribution in [0.2, 0.25) is 5.02 Å². The number of morpholine rings is 1. The zero-order valence-corrected chi connectivity index (χ0v) is 12.3. The third kappa shape index (κ3) is 3.09. The SMILES string of the molecule is CCN(N1CCOCC1)S(=O)(=O)c1ccccc1Cl. The van der Waals surface area contributed by atoms with Gasteiger partial charge in [-0.3, -0.25) is 0 Å². The summed E-state index contributed by atoms with van der Waals surface area (Å²) in [5, 5.41) is 2.04. The van der Waals surface area contributed by atoms with E-state index in [1.807, 2.05) is 6.92 Å². The Bertz CT molecular complexity index is 530. The molecule has 1 aliphatic heterocycles. The summed E-state index contributed by atoms with van der Waals surface area (Å²) in [6.45, 7) is 4.38. The highest BCUT2D eigenvalue weighted by Crippen LogP contribution is 2.25. The number of benzene rings is 1. The second-order valence-electron chi connectivity index (χ2n) is 4.14. The Morgan fingerprint density at radius 1 is 1.32 bits per heavy atom. The van der Waals surface area contributed by atoms with Crippen molar-refractivity contribution >= 4 is 21.6 Å². The van der Waals surface area contributed by atoms with Gasteiger partial charge in [0.15, 0.2) is 0 Å². The van der Waals surface area contributed by atoms with Crippen LogP contribution in [0.15, 0.2) is 29.2 Å². The van der Waals surface area contributed by atoms with E-state index in [9.17, 15) is 8.42 Å². The molecule has 0 bridgehead atoms. The number of hydrazine groups is 1. The van der Waals surface area contributed by atoms with Crippen molar-refractivity contribution in [3.05, 3.63) is 29.3 Å². The van der Waals surface area contributed by atoms with E-state index in [0.29, 0.717) is 32.8 Å². The smallest absolute Gasteiger partial charge is 0.257 e. The van der Waals surface area contributed by atoms with Gasteiger partial charge in [0.05, 0.1) is 18.2 Å². The molecular weight excluding hydrogens is 288 g/mol. The van der Waals surface area contributed by atoms with Gasteiger partial charge in [-0.2, -0.15) is 0 Å². The molecule has 1 fully saturated rings. The molecular formula is C12H17ClN2O3S. The highest BCUT2D eigenvalue weighted by molar-refractivity contribution is 7.89. The minimum absolute atomic E-state index is 0.144. The minimum atomic E-state index is -3.61. The molecule has 0 unspecified atom stereocenters. The number of rotatable bonds is 4. The lowest BCUT2D eigenvalue weighted by molar-refractivity contribution is -0.0397. The molecule has 5 nitrogen and oxygen atoms in total. The topological polar surface area (TPSA) is 49.9 Å². The number of halogens is 1. The van der Waals surface area contributed by atoms with E-state index in [1.165, 1.54) is 10.5 Å². The highest BCUT2D eigenvalue weighted by Gasteiger charge is 2.31. The summed E-state index contributed by atoms with van der Waals surface area (Å²) in [5.74, 6) is 0. The Balaban J connectivity index is 2.33. The van der Waals surface area contributed by atoms with Gasteiger partial charge in [-0.25, -0.2) is 13.4 Å². The van der Waals surface area contributed by atoms with E-state index < -0.39 is 10.0 Å². The molecule has 106 valence electrons. The summed E-state index contributed by atoms with van der Waals surface area (Å²) in [7, 11) is -3.61. The van der Waals surface area contributed by atoms with Crippen LogP contribution in [0.5, 0.6) is 0 Å². The predicted molar refractivity (Wildman–Crippen MR) is 73.4 cm³/mol. The van der Waals surface area contributed by atoms with E-state index in [-0.39, 0.29) is 9.92 Å². The number of hydrogen-bond donors (Lipinski definition) is 0. The molecule has 1 heterocycles. The van der Waals surface area contributed by atoms with Crippen LogP contribution < -0.4 is 0 Å². The number of ether oxygens (including phenoxy) is 1. The molecule has 2 rings (SSSR count). The predicted octanol–water partition coefficient (Wildman–Crippen LogP) is 1.60. The van der Waals surface area contributed by atoms with Gasteiger partial charge in [0, 0.05) is 19.6 Å². The summed E-state index contributed by atoms with van der Waals surface area (Å²) in [6, 6.07) is 6.50. The molecule has 0 atom stereocenters. The molecule has 0 saturated carbocycles. The van der Waals surface area contributed by atoms with Gasteiger partial charge in [-0.1, -0.05) is 23.7 Å².